The van der Waals surface area contributed by atoms with Crippen LogP contribution in [-0.2, 0) is 4.79 Å². The van der Waals surface area contributed by atoms with Crippen LogP contribution in [0, 0.1) is 5.92 Å². The van der Waals surface area contributed by atoms with Crippen LogP contribution in [0.4, 0.5) is 0 Å². The third-order valence-electron chi connectivity index (χ3n) is 6.34. The van der Waals surface area contributed by atoms with Crippen molar-refractivity contribution in [1.82, 2.24) is 5.32 Å². The van der Waals surface area contributed by atoms with Gasteiger partial charge in [0, 0.05) is 11.8 Å². The maximum absolute atomic E-state index is 13.4. The number of benzene rings is 4. The molecule has 30 heavy (non-hydrogen) atoms. The molecule has 148 valence electrons. The third-order valence-corrected chi connectivity index (χ3v) is 6.34. The lowest BCUT2D eigenvalue weighted by Gasteiger charge is -2.17. The summed E-state index contributed by atoms with van der Waals surface area (Å²) >= 11 is 0. The number of rotatable bonds is 5. The van der Waals surface area contributed by atoms with Gasteiger partial charge in [-0.2, -0.15) is 0 Å². The SMILES string of the molecule is C[C@H](NC(=O)C1[C@@H](c2ccccc2)[C@H]1c1ccccc1)c1cccc2ccccc12. The van der Waals surface area contributed by atoms with E-state index in [1.165, 1.54) is 21.9 Å². The van der Waals surface area contributed by atoms with Gasteiger partial charge in [0.15, 0.2) is 0 Å². The Bertz CT molecular complexity index is 1120. The van der Waals surface area contributed by atoms with Gasteiger partial charge in [0.05, 0.1) is 12.0 Å². The molecule has 0 spiro atoms. The molecule has 2 heteroatoms. The van der Waals surface area contributed by atoms with Gasteiger partial charge in [0.2, 0.25) is 5.91 Å². The van der Waals surface area contributed by atoms with Crippen LogP contribution in [0.25, 0.3) is 10.8 Å². The number of hydrogen-bond acceptors (Lipinski definition) is 1. The molecule has 1 N–H and O–H groups in total. The van der Waals surface area contributed by atoms with E-state index in [0.29, 0.717) is 0 Å². The first-order valence-electron chi connectivity index (χ1n) is 10.6. The fourth-order valence-electron chi connectivity index (χ4n) is 4.83. The highest BCUT2D eigenvalue weighted by Gasteiger charge is 2.56. The first-order valence-corrected chi connectivity index (χ1v) is 10.6. The highest BCUT2D eigenvalue weighted by atomic mass is 16.2. The molecule has 1 aliphatic rings. The maximum Gasteiger partial charge on any atom is 0.224 e. The summed E-state index contributed by atoms with van der Waals surface area (Å²) in [5.41, 5.74) is 3.64. The molecule has 0 saturated heterocycles. The molecule has 4 aromatic rings. The Balaban J connectivity index is 1.41. The molecule has 2 nitrogen and oxygen atoms in total. The summed E-state index contributed by atoms with van der Waals surface area (Å²) in [7, 11) is 0. The van der Waals surface area contributed by atoms with Crippen molar-refractivity contribution in [2.45, 2.75) is 24.8 Å². The van der Waals surface area contributed by atoms with E-state index in [2.05, 4.69) is 103 Å². The molecule has 1 saturated carbocycles. The second-order valence-electron chi connectivity index (χ2n) is 8.20. The average molecular weight is 392 g/mol. The van der Waals surface area contributed by atoms with E-state index < -0.39 is 0 Å². The van der Waals surface area contributed by atoms with Gasteiger partial charge in [-0.05, 0) is 34.4 Å². The first kappa shape index (κ1) is 18.6. The molecule has 0 heterocycles. The number of hydrogen-bond donors (Lipinski definition) is 1. The molecule has 0 aliphatic heterocycles. The van der Waals surface area contributed by atoms with Crippen molar-refractivity contribution >= 4 is 16.7 Å². The second-order valence-corrected chi connectivity index (χ2v) is 8.20. The minimum Gasteiger partial charge on any atom is -0.349 e. The molecule has 0 radical (unpaired) electrons. The molecule has 0 bridgehead atoms. The summed E-state index contributed by atoms with van der Waals surface area (Å²) in [4.78, 5) is 13.4. The Morgan fingerprint density at radius 2 is 1.23 bits per heavy atom. The van der Waals surface area contributed by atoms with Gasteiger partial charge in [0.25, 0.3) is 0 Å². The number of fused-ring (bicyclic) bond motifs is 1. The summed E-state index contributed by atoms with van der Waals surface area (Å²) in [6, 6.07) is 35.5. The van der Waals surface area contributed by atoms with Crippen molar-refractivity contribution in [3.8, 4) is 0 Å². The summed E-state index contributed by atoms with van der Waals surface area (Å²) in [5.74, 6) is 0.562. The van der Waals surface area contributed by atoms with Crippen LogP contribution in [0.3, 0.4) is 0 Å². The lowest BCUT2D eigenvalue weighted by atomic mass is 9.99. The van der Waals surface area contributed by atoms with E-state index in [4.69, 9.17) is 0 Å². The lowest BCUT2D eigenvalue weighted by Crippen LogP contribution is -2.29. The number of nitrogens with one attached hydrogen (secondary N) is 1. The van der Waals surface area contributed by atoms with Crippen LogP contribution >= 0.6 is 0 Å². The van der Waals surface area contributed by atoms with Gasteiger partial charge in [-0.15, -0.1) is 0 Å². The molecule has 4 atom stereocenters. The molecule has 1 aliphatic carbocycles. The van der Waals surface area contributed by atoms with Crippen molar-refractivity contribution in [1.29, 1.82) is 0 Å². The Morgan fingerprint density at radius 1 is 0.700 bits per heavy atom. The zero-order valence-electron chi connectivity index (χ0n) is 17.0. The molecule has 1 amide bonds. The zero-order chi connectivity index (χ0) is 20.5. The van der Waals surface area contributed by atoms with Gasteiger partial charge in [-0.3, -0.25) is 4.79 Å². The minimum atomic E-state index is -0.0444. The smallest absolute Gasteiger partial charge is 0.224 e. The van der Waals surface area contributed by atoms with E-state index in [0.717, 1.165) is 5.56 Å². The fourth-order valence-corrected chi connectivity index (χ4v) is 4.83. The summed E-state index contributed by atoms with van der Waals surface area (Å²) in [6.07, 6.45) is 0. The van der Waals surface area contributed by atoms with Crippen LogP contribution in [0.2, 0.25) is 0 Å². The molecule has 4 aromatic carbocycles. The van der Waals surface area contributed by atoms with Gasteiger partial charge in [-0.25, -0.2) is 0 Å². The van der Waals surface area contributed by atoms with Crippen molar-refractivity contribution in [2.75, 3.05) is 0 Å². The zero-order valence-corrected chi connectivity index (χ0v) is 17.0. The van der Waals surface area contributed by atoms with E-state index in [1.807, 2.05) is 12.1 Å². The van der Waals surface area contributed by atoms with E-state index in [1.54, 1.807) is 0 Å². The van der Waals surface area contributed by atoms with Crippen molar-refractivity contribution in [3.63, 3.8) is 0 Å². The first-order chi connectivity index (χ1) is 14.7. The van der Waals surface area contributed by atoms with Gasteiger partial charge in [-0.1, -0.05) is 103 Å². The van der Waals surface area contributed by atoms with E-state index in [9.17, 15) is 4.79 Å². The van der Waals surface area contributed by atoms with Crippen LogP contribution < -0.4 is 5.32 Å². The summed E-state index contributed by atoms with van der Waals surface area (Å²) < 4.78 is 0. The molecular formula is C28H25NO. The van der Waals surface area contributed by atoms with Crippen molar-refractivity contribution in [3.05, 3.63) is 120 Å². The predicted molar refractivity (Wildman–Crippen MR) is 122 cm³/mol. The molecular weight excluding hydrogens is 366 g/mol. The standard InChI is InChI=1S/C28H25NO/c1-19(23-18-10-16-20-11-8-9-17-24(20)23)29-28(30)27-25(21-12-4-2-5-13-21)26(27)22-14-6-3-7-15-22/h2-19,25-27H,1H3,(H,29,30)/t19-,25-,26+,27?/m0/s1. The molecule has 1 unspecified atom stereocenters. The van der Waals surface area contributed by atoms with Crippen molar-refractivity contribution in [2.24, 2.45) is 5.92 Å². The van der Waals surface area contributed by atoms with E-state index in [-0.39, 0.29) is 29.7 Å². The highest BCUT2D eigenvalue weighted by Crippen LogP contribution is 2.60. The van der Waals surface area contributed by atoms with Crippen LogP contribution in [0.15, 0.2) is 103 Å². The summed E-state index contributed by atoms with van der Waals surface area (Å²) in [5, 5.41) is 5.71. The minimum absolute atomic E-state index is 0.0350. The number of amides is 1. The van der Waals surface area contributed by atoms with E-state index >= 15 is 0 Å². The second kappa shape index (κ2) is 7.79. The third kappa shape index (κ3) is 3.39. The molecule has 0 aromatic heterocycles. The topological polar surface area (TPSA) is 29.1 Å². The maximum atomic E-state index is 13.4. The van der Waals surface area contributed by atoms with Gasteiger partial charge >= 0.3 is 0 Å². The Hall–Kier alpha value is -3.39. The monoisotopic (exact) mass is 391 g/mol. The largest absolute Gasteiger partial charge is 0.349 e. The molecule has 1 fully saturated rings. The highest BCUT2D eigenvalue weighted by molar-refractivity contribution is 5.88. The Kier molecular flexibility index (Phi) is 4.84. The van der Waals surface area contributed by atoms with Gasteiger partial charge in [0.1, 0.15) is 0 Å². The summed E-state index contributed by atoms with van der Waals surface area (Å²) in [6.45, 7) is 2.08. The van der Waals surface area contributed by atoms with Crippen LogP contribution in [-0.4, -0.2) is 5.91 Å². The average Bonchev–Trinajstić information content (AvgIpc) is 3.56. The lowest BCUT2D eigenvalue weighted by molar-refractivity contribution is -0.123. The predicted octanol–water partition coefficient (Wildman–Crippen LogP) is 6.21. The molecule has 5 rings (SSSR count). The quantitative estimate of drug-likeness (QED) is 0.430. The van der Waals surface area contributed by atoms with Crippen molar-refractivity contribution < 1.29 is 4.79 Å². The van der Waals surface area contributed by atoms with Crippen LogP contribution in [0.5, 0.6) is 0 Å². The van der Waals surface area contributed by atoms with Gasteiger partial charge < -0.3 is 5.32 Å². The van der Waals surface area contributed by atoms with Crippen LogP contribution in [0.1, 0.15) is 41.5 Å². The number of carbonyl (C=O) groups excluding carboxylic acids is 1. The number of carbonyl (C=O) groups is 1. The normalized spacial score (nSPS) is 21.2. The Morgan fingerprint density at radius 3 is 1.87 bits per heavy atom. The Labute approximate surface area is 177 Å². The fraction of sp³-hybridized carbons (Fsp3) is 0.179.